The molecule has 3 aromatic rings. The van der Waals surface area contributed by atoms with E-state index in [4.69, 9.17) is 4.74 Å². The van der Waals surface area contributed by atoms with Crippen LogP contribution in [0.15, 0.2) is 60.9 Å². The van der Waals surface area contributed by atoms with Crippen LogP contribution in [0.25, 0.3) is 5.69 Å². The van der Waals surface area contributed by atoms with Crippen LogP contribution in [0.1, 0.15) is 26.3 Å². The molecule has 0 unspecified atom stereocenters. The number of benzene rings is 2. The van der Waals surface area contributed by atoms with Crippen LogP contribution in [-0.4, -0.2) is 28.8 Å². The number of anilines is 1. The maximum absolute atomic E-state index is 12.5. The Hall–Kier alpha value is -3.41. The van der Waals surface area contributed by atoms with Gasteiger partial charge < -0.3 is 10.1 Å². The van der Waals surface area contributed by atoms with E-state index in [2.05, 4.69) is 10.4 Å². The molecule has 3 rings (SSSR count). The van der Waals surface area contributed by atoms with Crippen molar-refractivity contribution in [1.29, 1.82) is 0 Å². The number of nitrogens with zero attached hydrogens (tertiary/aromatic N) is 2. The van der Waals surface area contributed by atoms with E-state index >= 15 is 0 Å². The van der Waals surface area contributed by atoms with Crippen molar-refractivity contribution in [2.45, 2.75) is 6.92 Å². The lowest BCUT2D eigenvalue weighted by Gasteiger charge is -2.09. The minimum Gasteiger partial charge on any atom is -0.465 e. The van der Waals surface area contributed by atoms with Crippen LogP contribution in [0.5, 0.6) is 0 Å². The molecule has 126 valence electrons. The molecule has 1 heterocycles. The van der Waals surface area contributed by atoms with Gasteiger partial charge in [-0.1, -0.05) is 24.3 Å². The van der Waals surface area contributed by atoms with Crippen LogP contribution in [0.3, 0.4) is 0 Å². The molecular formula is C19H17N3O3. The van der Waals surface area contributed by atoms with Gasteiger partial charge in [0.05, 0.1) is 30.1 Å². The second kappa shape index (κ2) is 7.00. The second-order valence-electron chi connectivity index (χ2n) is 5.48. The molecule has 0 aliphatic carbocycles. The Morgan fingerprint density at radius 1 is 1.08 bits per heavy atom. The van der Waals surface area contributed by atoms with Gasteiger partial charge in [-0.2, -0.15) is 5.10 Å². The lowest BCUT2D eigenvalue weighted by Crippen LogP contribution is -2.13. The number of methoxy groups -OCH3 is 1. The summed E-state index contributed by atoms with van der Waals surface area (Å²) in [6, 6.07) is 14.5. The standard InChI is InChI=1S/C19H17N3O3/c1-13-8-9-14(19(24)25-2)10-17(13)21-18(23)15-11-20-22(12-15)16-6-4-3-5-7-16/h3-12H,1-2H3,(H,21,23). The molecule has 0 bridgehead atoms. The first-order chi connectivity index (χ1) is 12.1. The summed E-state index contributed by atoms with van der Waals surface area (Å²) in [6.45, 7) is 1.85. The van der Waals surface area contributed by atoms with Crippen molar-refractivity contribution in [3.63, 3.8) is 0 Å². The van der Waals surface area contributed by atoms with Crippen molar-refractivity contribution < 1.29 is 14.3 Å². The Morgan fingerprint density at radius 2 is 1.84 bits per heavy atom. The molecule has 2 aromatic carbocycles. The van der Waals surface area contributed by atoms with E-state index in [1.54, 1.807) is 29.1 Å². The molecular weight excluding hydrogens is 318 g/mol. The molecule has 0 radical (unpaired) electrons. The molecule has 1 amide bonds. The number of aromatic nitrogens is 2. The number of carbonyl (C=O) groups is 2. The quantitative estimate of drug-likeness (QED) is 0.743. The maximum Gasteiger partial charge on any atom is 0.337 e. The smallest absolute Gasteiger partial charge is 0.337 e. The molecule has 25 heavy (non-hydrogen) atoms. The average Bonchev–Trinajstić information content (AvgIpc) is 3.14. The number of rotatable bonds is 4. The molecule has 1 N–H and O–H groups in total. The zero-order valence-electron chi connectivity index (χ0n) is 13.9. The highest BCUT2D eigenvalue weighted by molar-refractivity contribution is 6.05. The Labute approximate surface area is 145 Å². The third-order valence-electron chi connectivity index (χ3n) is 3.77. The third-order valence-corrected chi connectivity index (χ3v) is 3.77. The predicted octanol–water partition coefficient (Wildman–Crippen LogP) is 3.22. The summed E-state index contributed by atoms with van der Waals surface area (Å²) in [5.74, 6) is -0.750. The van der Waals surface area contributed by atoms with Gasteiger partial charge in [-0.05, 0) is 36.8 Å². The largest absolute Gasteiger partial charge is 0.465 e. The predicted molar refractivity (Wildman–Crippen MR) is 94.0 cm³/mol. The van der Waals surface area contributed by atoms with Gasteiger partial charge in [-0.15, -0.1) is 0 Å². The van der Waals surface area contributed by atoms with Gasteiger partial charge >= 0.3 is 5.97 Å². The molecule has 6 nitrogen and oxygen atoms in total. The summed E-state index contributed by atoms with van der Waals surface area (Å²) in [6.07, 6.45) is 3.16. The number of aryl methyl sites for hydroxylation is 1. The fourth-order valence-electron chi connectivity index (χ4n) is 2.36. The molecule has 0 aliphatic rings. The van der Waals surface area contributed by atoms with Gasteiger partial charge in [-0.3, -0.25) is 4.79 Å². The minimum atomic E-state index is -0.451. The highest BCUT2D eigenvalue weighted by Gasteiger charge is 2.13. The Kier molecular flexibility index (Phi) is 4.61. The normalized spacial score (nSPS) is 10.3. The second-order valence-corrected chi connectivity index (χ2v) is 5.48. The molecule has 1 aromatic heterocycles. The summed E-state index contributed by atoms with van der Waals surface area (Å²) >= 11 is 0. The van der Waals surface area contributed by atoms with Crippen LogP contribution in [0.2, 0.25) is 0 Å². The number of amides is 1. The Balaban J connectivity index is 1.81. The lowest BCUT2D eigenvalue weighted by molar-refractivity contribution is 0.0600. The van der Waals surface area contributed by atoms with Crippen molar-refractivity contribution in [3.05, 3.63) is 77.6 Å². The summed E-state index contributed by atoms with van der Waals surface area (Å²) in [4.78, 5) is 24.1. The first-order valence-corrected chi connectivity index (χ1v) is 7.69. The van der Waals surface area contributed by atoms with Crippen molar-refractivity contribution in [2.75, 3.05) is 12.4 Å². The number of hydrogen-bond acceptors (Lipinski definition) is 4. The highest BCUT2D eigenvalue weighted by Crippen LogP contribution is 2.19. The first kappa shape index (κ1) is 16.4. The van der Waals surface area contributed by atoms with Crippen LogP contribution in [-0.2, 0) is 4.74 Å². The first-order valence-electron chi connectivity index (χ1n) is 7.69. The monoisotopic (exact) mass is 335 g/mol. The van der Waals surface area contributed by atoms with E-state index in [0.29, 0.717) is 16.8 Å². The number of carbonyl (C=O) groups excluding carboxylic acids is 2. The van der Waals surface area contributed by atoms with E-state index in [9.17, 15) is 9.59 Å². The van der Waals surface area contributed by atoms with Gasteiger partial charge in [0.25, 0.3) is 5.91 Å². The summed E-state index contributed by atoms with van der Waals surface area (Å²) in [5.41, 5.74) is 3.07. The molecule has 0 spiro atoms. The third kappa shape index (κ3) is 3.58. The number of hydrogen-bond donors (Lipinski definition) is 1. The van der Waals surface area contributed by atoms with E-state index in [0.717, 1.165) is 11.3 Å². The van der Waals surface area contributed by atoms with E-state index in [1.807, 2.05) is 37.3 Å². The van der Waals surface area contributed by atoms with Gasteiger partial charge in [0.1, 0.15) is 0 Å². The lowest BCUT2D eigenvalue weighted by atomic mass is 10.1. The number of nitrogens with one attached hydrogen (secondary N) is 1. The summed E-state index contributed by atoms with van der Waals surface area (Å²) in [5, 5.41) is 7.02. The molecule has 0 atom stereocenters. The zero-order valence-corrected chi connectivity index (χ0v) is 13.9. The summed E-state index contributed by atoms with van der Waals surface area (Å²) in [7, 11) is 1.32. The maximum atomic E-state index is 12.5. The molecule has 6 heteroatoms. The van der Waals surface area contributed by atoms with E-state index in [1.165, 1.54) is 13.3 Å². The van der Waals surface area contributed by atoms with Crippen molar-refractivity contribution in [3.8, 4) is 5.69 Å². The Bertz CT molecular complexity index is 917. The molecule has 0 saturated carbocycles. The molecule has 0 aliphatic heterocycles. The fraction of sp³-hybridized carbons (Fsp3) is 0.105. The van der Waals surface area contributed by atoms with Crippen LogP contribution < -0.4 is 5.32 Å². The SMILES string of the molecule is COC(=O)c1ccc(C)c(NC(=O)c2cnn(-c3ccccc3)c2)c1. The minimum absolute atomic E-state index is 0.299. The van der Waals surface area contributed by atoms with Gasteiger partial charge in [0.2, 0.25) is 0 Å². The summed E-state index contributed by atoms with van der Waals surface area (Å²) < 4.78 is 6.34. The van der Waals surface area contributed by atoms with E-state index < -0.39 is 5.97 Å². The van der Waals surface area contributed by atoms with Crippen molar-refractivity contribution in [1.82, 2.24) is 9.78 Å². The van der Waals surface area contributed by atoms with Gasteiger partial charge in [-0.25, -0.2) is 9.48 Å². The molecule has 0 saturated heterocycles. The topological polar surface area (TPSA) is 73.2 Å². The van der Waals surface area contributed by atoms with E-state index in [-0.39, 0.29) is 5.91 Å². The van der Waals surface area contributed by atoms with Crippen molar-refractivity contribution >= 4 is 17.6 Å². The Morgan fingerprint density at radius 3 is 2.56 bits per heavy atom. The van der Waals surface area contributed by atoms with Crippen LogP contribution >= 0.6 is 0 Å². The highest BCUT2D eigenvalue weighted by atomic mass is 16.5. The fourth-order valence-corrected chi connectivity index (χ4v) is 2.36. The zero-order chi connectivity index (χ0) is 17.8. The van der Waals surface area contributed by atoms with Crippen molar-refractivity contribution in [2.24, 2.45) is 0 Å². The van der Waals surface area contributed by atoms with Crippen LogP contribution in [0.4, 0.5) is 5.69 Å². The average molecular weight is 335 g/mol. The van der Waals surface area contributed by atoms with Gasteiger partial charge in [0, 0.05) is 11.9 Å². The number of ether oxygens (including phenoxy) is 1. The van der Waals surface area contributed by atoms with Gasteiger partial charge in [0.15, 0.2) is 0 Å². The molecule has 0 fully saturated rings. The number of esters is 1. The van der Waals surface area contributed by atoms with Crippen LogP contribution in [0, 0.1) is 6.92 Å². The number of para-hydroxylation sites is 1.